The number of amides is 3. The Hall–Kier alpha value is -3.03. The van der Waals surface area contributed by atoms with Crippen LogP contribution in [0, 0.1) is 12.7 Å². The number of ether oxygens (including phenoxy) is 1. The lowest BCUT2D eigenvalue weighted by atomic mass is 10.1. The van der Waals surface area contributed by atoms with E-state index in [1.165, 1.54) is 18.3 Å². The van der Waals surface area contributed by atoms with Gasteiger partial charge in [0.2, 0.25) is 0 Å². The first-order valence-corrected chi connectivity index (χ1v) is 7.22. The Bertz CT molecular complexity index is 838. The van der Waals surface area contributed by atoms with Crippen molar-refractivity contribution in [3.8, 4) is 11.8 Å². The maximum Gasteiger partial charge on any atom is 0.330 e. The zero-order valence-corrected chi connectivity index (χ0v) is 13.3. The van der Waals surface area contributed by atoms with Gasteiger partial charge < -0.3 is 10.1 Å². The largest absolute Gasteiger partial charge is 0.424 e. The van der Waals surface area contributed by atoms with Crippen LogP contribution in [0.2, 0.25) is 0 Å². The zero-order chi connectivity index (χ0) is 17.5. The number of anilines is 1. The van der Waals surface area contributed by atoms with Crippen LogP contribution < -0.4 is 15.0 Å². The van der Waals surface area contributed by atoms with E-state index in [0.29, 0.717) is 5.56 Å². The molecular weight excluding hydrogens is 315 g/mol. The molecule has 0 spiro atoms. The number of halogens is 1. The predicted molar refractivity (Wildman–Crippen MR) is 83.3 cm³/mol. The van der Waals surface area contributed by atoms with Crippen LogP contribution in [0.5, 0.6) is 11.8 Å². The minimum Gasteiger partial charge on any atom is -0.424 e. The van der Waals surface area contributed by atoms with Crippen molar-refractivity contribution in [2.45, 2.75) is 26.3 Å². The lowest BCUT2D eigenvalue weighted by Crippen LogP contribution is -2.40. The topological polar surface area (TPSA) is 84.4 Å². The first-order chi connectivity index (χ1) is 11.3. The third-order valence-corrected chi connectivity index (χ3v) is 3.56. The van der Waals surface area contributed by atoms with Gasteiger partial charge in [0.1, 0.15) is 17.1 Å². The Balaban J connectivity index is 1.88. The molecule has 1 saturated heterocycles. The van der Waals surface area contributed by atoms with Gasteiger partial charge in [0.25, 0.3) is 5.91 Å². The Kier molecular flexibility index (Phi) is 3.67. The Labute approximate surface area is 137 Å². The Morgan fingerprint density at radius 2 is 2.00 bits per heavy atom. The van der Waals surface area contributed by atoms with Crippen LogP contribution in [-0.4, -0.2) is 27.4 Å². The molecule has 0 bridgehead atoms. The number of aromatic nitrogens is 2. The van der Waals surface area contributed by atoms with Crippen molar-refractivity contribution in [1.29, 1.82) is 0 Å². The smallest absolute Gasteiger partial charge is 0.330 e. The van der Waals surface area contributed by atoms with Crippen molar-refractivity contribution in [3.63, 3.8) is 0 Å². The van der Waals surface area contributed by atoms with E-state index >= 15 is 0 Å². The Morgan fingerprint density at radius 1 is 1.25 bits per heavy atom. The highest BCUT2D eigenvalue weighted by atomic mass is 19.1. The van der Waals surface area contributed by atoms with E-state index in [1.54, 1.807) is 32.9 Å². The predicted octanol–water partition coefficient (Wildman–Crippen LogP) is 2.55. The maximum absolute atomic E-state index is 13.6. The lowest BCUT2D eigenvalue weighted by Gasteiger charge is -2.15. The summed E-state index contributed by atoms with van der Waals surface area (Å²) in [5.74, 6) is -0.550. The summed E-state index contributed by atoms with van der Waals surface area (Å²) < 4.78 is 19.0. The van der Waals surface area contributed by atoms with Gasteiger partial charge in [-0.1, -0.05) is 6.07 Å². The summed E-state index contributed by atoms with van der Waals surface area (Å²) in [6.45, 7) is 4.83. The number of aryl methyl sites for hydroxylation is 1. The van der Waals surface area contributed by atoms with Crippen molar-refractivity contribution >= 4 is 17.8 Å². The molecule has 1 aromatic heterocycles. The summed E-state index contributed by atoms with van der Waals surface area (Å²) in [5.41, 5.74) is -0.526. The third-order valence-electron chi connectivity index (χ3n) is 3.56. The fraction of sp³-hybridized carbons (Fsp3) is 0.250. The summed E-state index contributed by atoms with van der Waals surface area (Å²) in [6, 6.07) is 5.10. The third kappa shape index (κ3) is 2.78. The van der Waals surface area contributed by atoms with Crippen molar-refractivity contribution < 1.29 is 18.7 Å². The number of urea groups is 1. The molecule has 2 aromatic rings. The van der Waals surface area contributed by atoms with Crippen LogP contribution in [0.15, 0.2) is 30.5 Å². The molecule has 8 heteroatoms. The fourth-order valence-corrected chi connectivity index (χ4v) is 2.20. The average Bonchev–Trinajstić information content (AvgIpc) is 2.71. The molecule has 3 amide bonds. The van der Waals surface area contributed by atoms with Crippen molar-refractivity contribution in [1.82, 2.24) is 15.3 Å². The molecule has 1 aromatic carbocycles. The van der Waals surface area contributed by atoms with E-state index in [-0.39, 0.29) is 17.6 Å². The number of hydrogen-bond donors (Lipinski definition) is 1. The number of hydrogen-bond acceptors (Lipinski definition) is 5. The van der Waals surface area contributed by atoms with E-state index in [4.69, 9.17) is 4.74 Å². The summed E-state index contributed by atoms with van der Waals surface area (Å²) in [4.78, 5) is 33.2. The molecule has 2 heterocycles. The van der Waals surface area contributed by atoms with E-state index in [0.717, 1.165) is 4.90 Å². The van der Waals surface area contributed by atoms with Crippen LogP contribution >= 0.6 is 0 Å². The number of benzene rings is 1. The number of rotatable bonds is 3. The van der Waals surface area contributed by atoms with E-state index in [2.05, 4.69) is 15.3 Å². The van der Waals surface area contributed by atoms with E-state index in [9.17, 15) is 14.0 Å². The number of carbonyl (C=O) groups excluding carboxylic acids is 2. The molecule has 1 aliphatic heterocycles. The van der Waals surface area contributed by atoms with Crippen LogP contribution in [0.3, 0.4) is 0 Å². The molecule has 0 unspecified atom stereocenters. The van der Waals surface area contributed by atoms with Gasteiger partial charge in [-0.3, -0.25) is 4.79 Å². The highest BCUT2D eigenvalue weighted by molar-refractivity contribution is 6.22. The van der Waals surface area contributed by atoms with Crippen molar-refractivity contribution in [3.05, 3.63) is 41.8 Å². The molecule has 1 N–H and O–H groups in total. The van der Waals surface area contributed by atoms with Crippen molar-refractivity contribution in [2.75, 3.05) is 4.90 Å². The van der Waals surface area contributed by atoms with Crippen LogP contribution in [-0.2, 0) is 4.79 Å². The van der Waals surface area contributed by atoms with Gasteiger partial charge in [-0.25, -0.2) is 19.1 Å². The fourth-order valence-electron chi connectivity index (χ4n) is 2.20. The van der Waals surface area contributed by atoms with Crippen LogP contribution in [0.25, 0.3) is 0 Å². The standard InChI is InChI=1S/C16H15FN4O3/c1-9-4-5-10(8-11(9)17)24-14-18-7-6-12(19-14)21-13(22)16(2,3)20-15(21)23/h4-8H,1-3H3,(H,20,23). The monoisotopic (exact) mass is 330 g/mol. The number of carbonyl (C=O) groups is 2. The lowest BCUT2D eigenvalue weighted by molar-refractivity contribution is -0.121. The van der Waals surface area contributed by atoms with Gasteiger partial charge in [-0.2, -0.15) is 4.98 Å². The second kappa shape index (κ2) is 5.55. The second-order valence-electron chi connectivity index (χ2n) is 5.91. The van der Waals surface area contributed by atoms with Gasteiger partial charge in [0, 0.05) is 18.3 Å². The Morgan fingerprint density at radius 3 is 2.62 bits per heavy atom. The summed E-state index contributed by atoms with van der Waals surface area (Å²) in [5, 5.41) is 2.56. The molecule has 0 atom stereocenters. The van der Waals surface area contributed by atoms with Crippen LogP contribution in [0.1, 0.15) is 19.4 Å². The highest BCUT2D eigenvalue weighted by Gasteiger charge is 2.45. The first kappa shape index (κ1) is 15.9. The molecule has 1 aliphatic rings. The number of nitrogens with one attached hydrogen (secondary N) is 1. The number of nitrogens with zero attached hydrogens (tertiary/aromatic N) is 3. The molecule has 124 valence electrons. The van der Waals surface area contributed by atoms with Gasteiger partial charge >= 0.3 is 12.0 Å². The highest BCUT2D eigenvalue weighted by Crippen LogP contribution is 2.25. The SMILES string of the molecule is Cc1ccc(Oc2nccc(N3C(=O)NC(C)(C)C3=O)n2)cc1F. The summed E-state index contributed by atoms with van der Waals surface area (Å²) in [7, 11) is 0. The molecule has 3 rings (SSSR count). The quantitative estimate of drug-likeness (QED) is 0.874. The normalized spacial score (nSPS) is 16.2. The van der Waals surface area contributed by atoms with Gasteiger partial charge in [0.05, 0.1) is 0 Å². The molecule has 0 radical (unpaired) electrons. The molecule has 1 fully saturated rings. The molecule has 7 nitrogen and oxygen atoms in total. The van der Waals surface area contributed by atoms with Gasteiger partial charge in [-0.05, 0) is 32.4 Å². The van der Waals surface area contributed by atoms with Crippen LogP contribution in [0.4, 0.5) is 15.0 Å². The minimum atomic E-state index is -1.01. The number of imide groups is 1. The molecule has 24 heavy (non-hydrogen) atoms. The average molecular weight is 330 g/mol. The zero-order valence-electron chi connectivity index (χ0n) is 13.3. The van der Waals surface area contributed by atoms with Gasteiger partial charge in [0.15, 0.2) is 5.82 Å². The molecule has 0 aliphatic carbocycles. The van der Waals surface area contributed by atoms with E-state index in [1.807, 2.05) is 0 Å². The van der Waals surface area contributed by atoms with E-state index < -0.39 is 23.3 Å². The minimum absolute atomic E-state index is 0.0839. The maximum atomic E-state index is 13.6. The molecular formula is C16H15FN4O3. The first-order valence-electron chi connectivity index (χ1n) is 7.22. The van der Waals surface area contributed by atoms with Gasteiger partial charge in [-0.15, -0.1) is 0 Å². The molecule has 0 saturated carbocycles. The summed E-state index contributed by atoms with van der Waals surface area (Å²) >= 11 is 0. The summed E-state index contributed by atoms with van der Waals surface area (Å²) in [6.07, 6.45) is 1.36. The second-order valence-corrected chi connectivity index (χ2v) is 5.91. The van der Waals surface area contributed by atoms with Crippen molar-refractivity contribution in [2.24, 2.45) is 0 Å².